The highest BCUT2D eigenvalue weighted by Gasteiger charge is 2.23. The molecule has 2 aromatic rings. The Morgan fingerprint density at radius 1 is 1.17 bits per heavy atom. The van der Waals surface area contributed by atoms with Crippen molar-refractivity contribution < 1.29 is 19.0 Å². The largest absolute Gasteiger partial charge is 0.497 e. The highest BCUT2D eigenvalue weighted by atomic mass is 16.5. The van der Waals surface area contributed by atoms with Gasteiger partial charge in [0.25, 0.3) is 5.91 Å². The molecule has 1 aromatic heterocycles. The molecule has 3 rings (SSSR count). The number of pyridine rings is 1. The molecule has 2 heterocycles. The van der Waals surface area contributed by atoms with E-state index in [1.807, 2.05) is 24.5 Å². The average molecular weight is 399 g/mol. The Balaban J connectivity index is 1.59. The first-order valence-corrected chi connectivity index (χ1v) is 9.92. The van der Waals surface area contributed by atoms with E-state index < -0.39 is 0 Å². The second-order valence-electron chi connectivity index (χ2n) is 7.06. The van der Waals surface area contributed by atoms with Crippen molar-refractivity contribution in [2.45, 2.75) is 25.5 Å². The van der Waals surface area contributed by atoms with Crippen LogP contribution in [0.15, 0.2) is 42.7 Å². The summed E-state index contributed by atoms with van der Waals surface area (Å²) in [4.78, 5) is 19.0. The number of nitrogens with zero attached hydrogens (tertiary/aromatic N) is 2. The van der Waals surface area contributed by atoms with E-state index in [4.69, 9.17) is 14.2 Å². The number of ether oxygens (including phenoxy) is 3. The van der Waals surface area contributed by atoms with Crippen LogP contribution >= 0.6 is 0 Å². The van der Waals surface area contributed by atoms with Crippen molar-refractivity contribution in [3.8, 4) is 11.5 Å². The number of hydrogen-bond acceptors (Lipinski definition) is 6. The molecular formula is C22H29N3O4. The molecule has 0 aliphatic carbocycles. The fourth-order valence-electron chi connectivity index (χ4n) is 3.39. The minimum atomic E-state index is -0.171. The van der Waals surface area contributed by atoms with Gasteiger partial charge < -0.3 is 19.5 Å². The molecule has 0 atom stereocenters. The van der Waals surface area contributed by atoms with E-state index in [9.17, 15) is 4.79 Å². The van der Waals surface area contributed by atoms with Gasteiger partial charge in [-0.05, 0) is 42.7 Å². The monoisotopic (exact) mass is 399 g/mol. The molecule has 7 nitrogen and oxygen atoms in total. The van der Waals surface area contributed by atoms with Gasteiger partial charge in [0, 0.05) is 51.7 Å². The van der Waals surface area contributed by atoms with Crippen LogP contribution < -0.4 is 14.8 Å². The number of amides is 1. The zero-order valence-electron chi connectivity index (χ0n) is 17.1. The first kappa shape index (κ1) is 21.1. The van der Waals surface area contributed by atoms with Crippen molar-refractivity contribution in [1.29, 1.82) is 0 Å². The summed E-state index contributed by atoms with van der Waals surface area (Å²) >= 11 is 0. The lowest BCUT2D eigenvalue weighted by molar-refractivity contribution is 0.0881. The maximum absolute atomic E-state index is 12.5. The van der Waals surface area contributed by atoms with Gasteiger partial charge in [-0.3, -0.25) is 14.7 Å². The maximum atomic E-state index is 12.5. The molecule has 0 bridgehead atoms. The van der Waals surface area contributed by atoms with Gasteiger partial charge in [0.15, 0.2) is 0 Å². The van der Waals surface area contributed by atoms with Crippen molar-refractivity contribution in [3.05, 3.63) is 53.9 Å². The SMILES string of the molecule is COCCNC(=O)c1ccc(OC)cc1OC1CCN(Cc2ccncc2)CC1. The van der Waals surface area contributed by atoms with Crippen LogP contribution in [0.2, 0.25) is 0 Å². The van der Waals surface area contributed by atoms with E-state index in [2.05, 4.69) is 15.2 Å². The quantitative estimate of drug-likeness (QED) is 0.653. The normalized spacial score (nSPS) is 15.1. The second-order valence-corrected chi connectivity index (χ2v) is 7.06. The molecule has 1 aliphatic rings. The number of methoxy groups -OCH3 is 2. The van der Waals surface area contributed by atoms with E-state index in [-0.39, 0.29) is 12.0 Å². The van der Waals surface area contributed by atoms with Crippen LogP contribution in [-0.4, -0.2) is 62.4 Å². The van der Waals surface area contributed by atoms with Crippen LogP contribution in [0.1, 0.15) is 28.8 Å². The molecule has 7 heteroatoms. The van der Waals surface area contributed by atoms with Crippen LogP contribution in [0.3, 0.4) is 0 Å². The van der Waals surface area contributed by atoms with Gasteiger partial charge >= 0.3 is 0 Å². The predicted molar refractivity (Wildman–Crippen MR) is 110 cm³/mol. The Labute approximate surface area is 172 Å². The van der Waals surface area contributed by atoms with E-state index in [0.717, 1.165) is 32.5 Å². The van der Waals surface area contributed by atoms with Crippen molar-refractivity contribution in [3.63, 3.8) is 0 Å². The van der Waals surface area contributed by atoms with Gasteiger partial charge in [-0.1, -0.05) is 0 Å². The highest BCUT2D eigenvalue weighted by molar-refractivity contribution is 5.97. The molecule has 0 radical (unpaired) electrons. The van der Waals surface area contributed by atoms with Gasteiger partial charge in [-0.15, -0.1) is 0 Å². The molecule has 1 amide bonds. The lowest BCUT2D eigenvalue weighted by atomic mass is 10.1. The highest BCUT2D eigenvalue weighted by Crippen LogP contribution is 2.28. The van der Waals surface area contributed by atoms with Gasteiger partial charge in [0.2, 0.25) is 0 Å². The third kappa shape index (κ3) is 6.17. The van der Waals surface area contributed by atoms with Crippen molar-refractivity contribution >= 4 is 5.91 Å². The van der Waals surface area contributed by atoms with Gasteiger partial charge in [0.05, 0.1) is 19.3 Å². The molecule has 29 heavy (non-hydrogen) atoms. The third-order valence-electron chi connectivity index (χ3n) is 5.01. The molecule has 0 spiro atoms. The fourth-order valence-corrected chi connectivity index (χ4v) is 3.39. The molecule has 1 aromatic carbocycles. The minimum absolute atomic E-state index is 0.0707. The smallest absolute Gasteiger partial charge is 0.255 e. The summed E-state index contributed by atoms with van der Waals surface area (Å²) in [6, 6.07) is 9.40. The summed E-state index contributed by atoms with van der Waals surface area (Å²) in [5, 5.41) is 2.85. The fraction of sp³-hybridized carbons (Fsp3) is 0.455. The molecule has 1 fully saturated rings. The van der Waals surface area contributed by atoms with Crippen LogP contribution in [0.4, 0.5) is 0 Å². The number of likely N-dealkylation sites (tertiary alicyclic amines) is 1. The summed E-state index contributed by atoms with van der Waals surface area (Å²) in [5.74, 6) is 1.06. The number of piperidine rings is 1. The predicted octanol–water partition coefficient (Wildman–Crippen LogP) is 2.51. The van der Waals surface area contributed by atoms with Crippen LogP contribution in [-0.2, 0) is 11.3 Å². The van der Waals surface area contributed by atoms with Gasteiger partial charge in [-0.25, -0.2) is 0 Å². The first-order chi connectivity index (χ1) is 14.2. The van der Waals surface area contributed by atoms with Crippen LogP contribution in [0.25, 0.3) is 0 Å². The summed E-state index contributed by atoms with van der Waals surface area (Å²) in [6.45, 7) is 3.74. The van der Waals surface area contributed by atoms with Crippen molar-refractivity contribution in [2.24, 2.45) is 0 Å². The van der Waals surface area contributed by atoms with Crippen LogP contribution in [0.5, 0.6) is 11.5 Å². The number of hydrogen-bond donors (Lipinski definition) is 1. The second kappa shape index (κ2) is 10.8. The minimum Gasteiger partial charge on any atom is -0.497 e. The zero-order chi connectivity index (χ0) is 20.5. The summed E-state index contributed by atoms with van der Waals surface area (Å²) in [7, 11) is 3.21. The third-order valence-corrected chi connectivity index (χ3v) is 5.01. The van der Waals surface area contributed by atoms with E-state index in [0.29, 0.717) is 30.2 Å². The molecular weight excluding hydrogens is 370 g/mol. The lowest BCUT2D eigenvalue weighted by Crippen LogP contribution is -2.38. The molecule has 1 aliphatic heterocycles. The van der Waals surface area contributed by atoms with E-state index in [1.165, 1.54) is 5.56 Å². The summed E-state index contributed by atoms with van der Waals surface area (Å²) < 4.78 is 16.6. The van der Waals surface area contributed by atoms with Crippen molar-refractivity contribution in [1.82, 2.24) is 15.2 Å². The Bertz CT molecular complexity index is 777. The lowest BCUT2D eigenvalue weighted by Gasteiger charge is -2.32. The number of carbonyl (C=O) groups excluding carboxylic acids is 1. The van der Waals surface area contributed by atoms with E-state index >= 15 is 0 Å². The molecule has 0 saturated carbocycles. The maximum Gasteiger partial charge on any atom is 0.255 e. The first-order valence-electron chi connectivity index (χ1n) is 9.92. The standard InChI is InChI=1S/C22H29N3O4/c1-27-14-11-24-22(26)20-4-3-19(28-2)15-21(20)29-18-7-12-25(13-8-18)16-17-5-9-23-10-6-17/h3-6,9-10,15,18H,7-8,11-14,16H2,1-2H3,(H,24,26). The summed E-state index contributed by atoms with van der Waals surface area (Å²) in [5.41, 5.74) is 1.78. The van der Waals surface area contributed by atoms with E-state index in [1.54, 1.807) is 32.4 Å². The topological polar surface area (TPSA) is 72.9 Å². The number of carbonyl (C=O) groups is 1. The molecule has 1 saturated heterocycles. The zero-order valence-corrected chi connectivity index (χ0v) is 17.1. The van der Waals surface area contributed by atoms with Crippen LogP contribution in [0, 0.1) is 0 Å². The number of nitrogens with one attached hydrogen (secondary N) is 1. The number of rotatable bonds is 9. The molecule has 0 unspecified atom stereocenters. The Morgan fingerprint density at radius 3 is 2.62 bits per heavy atom. The Kier molecular flexibility index (Phi) is 7.84. The van der Waals surface area contributed by atoms with Gasteiger partial charge in [-0.2, -0.15) is 0 Å². The number of aromatic nitrogens is 1. The molecule has 1 N–H and O–H groups in total. The average Bonchev–Trinajstić information content (AvgIpc) is 2.76. The van der Waals surface area contributed by atoms with Crippen molar-refractivity contribution in [2.75, 3.05) is 40.5 Å². The van der Waals surface area contributed by atoms with Gasteiger partial charge in [0.1, 0.15) is 17.6 Å². The summed E-state index contributed by atoms with van der Waals surface area (Å²) in [6.07, 6.45) is 5.54. The Morgan fingerprint density at radius 2 is 1.93 bits per heavy atom. The number of benzene rings is 1. The molecule has 156 valence electrons. The Hall–Kier alpha value is -2.64.